The zero-order chi connectivity index (χ0) is 19.9. The molecule has 1 atom stereocenters. The largest absolute Gasteiger partial charge is 0.480 e. The Morgan fingerprint density at radius 3 is 2.36 bits per heavy atom. The maximum atomic E-state index is 12.1. The number of benzene rings is 2. The van der Waals surface area contributed by atoms with Gasteiger partial charge in [-0.3, -0.25) is 0 Å². The summed E-state index contributed by atoms with van der Waals surface area (Å²) in [6.07, 6.45) is 1.35. The van der Waals surface area contributed by atoms with Gasteiger partial charge in [-0.15, -0.1) is 0 Å². The Kier molecular flexibility index (Phi) is 4.76. The zero-order valence-corrected chi connectivity index (χ0v) is 16.5. The van der Waals surface area contributed by atoms with E-state index in [0.29, 0.717) is 29.3 Å². The Hall–Kier alpha value is -2.24. The number of rotatable bonds is 6. The van der Waals surface area contributed by atoms with Crippen molar-refractivity contribution in [3.05, 3.63) is 69.7 Å². The van der Waals surface area contributed by atoms with Gasteiger partial charge in [0.05, 0.1) is 10.0 Å². The lowest BCUT2D eigenvalue weighted by molar-refractivity contribution is -0.183. The van der Waals surface area contributed by atoms with Crippen molar-refractivity contribution in [2.24, 2.45) is 5.41 Å². The normalized spacial score (nSPS) is 25.8. The number of alkyl carbamates (subject to hydrolysis) is 1. The lowest BCUT2D eigenvalue weighted by Crippen LogP contribution is -2.73. The fourth-order valence-corrected chi connectivity index (χ4v) is 4.96. The number of amides is 1. The molecule has 3 saturated carbocycles. The standard InChI is InChI=1S/C21H19Cl2NO4/c22-15-7-6-14(8-16(15)23)20-10-21(11-20,12-20)17(18(25)26)24-19(27)28-9-13-4-2-1-3-5-13/h1-8,17H,9-12H2,(H,24,27)(H,25,26). The molecule has 3 aliphatic carbocycles. The first-order valence-corrected chi connectivity index (χ1v) is 9.75. The molecule has 0 aliphatic heterocycles. The summed E-state index contributed by atoms with van der Waals surface area (Å²) in [5, 5.41) is 13.2. The minimum absolute atomic E-state index is 0.0719. The SMILES string of the molecule is O=C(NC(C(=O)O)C12CC(c3ccc(Cl)c(Cl)c3)(C1)C2)OCc1ccccc1. The molecule has 0 saturated heterocycles. The van der Waals surface area contributed by atoms with E-state index in [0.717, 1.165) is 11.1 Å². The number of carbonyl (C=O) groups is 2. The summed E-state index contributed by atoms with van der Waals surface area (Å²) in [6, 6.07) is 13.8. The molecular formula is C21H19Cl2NO4. The number of ether oxygens (including phenoxy) is 1. The van der Waals surface area contributed by atoms with Crippen LogP contribution in [0.1, 0.15) is 30.4 Å². The quantitative estimate of drug-likeness (QED) is 0.705. The van der Waals surface area contributed by atoms with Gasteiger partial charge in [0.1, 0.15) is 12.6 Å². The maximum absolute atomic E-state index is 12.1. The van der Waals surface area contributed by atoms with Gasteiger partial charge in [0.25, 0.3) is 0 Å². The number of carboxylic acid groups (broad SMARTS) is 1. The highest BCUT2D eigenvalue weighted by atomic mass is 35.5. The van der Waals surface area contributed by atoms with Crippen molar-refractivity contribution in [3.8, 4) is 0 Å². The fraction of sp³-hybridized carbons (Fsp3) is 0.333. The highest BCUT2D eigenvalue weighted by Gasteiger charge is 2.72. The number of hydrogen-bond donors (Lipinski definition) is 2. The highest BCUT2D eigenvalue weighted by molar-refractivity contribution is 6.42. The Bertz CT molecular complexity index is 911. The van der Waals surface area contributed by atoms with Gasteiger partial charge < -0.3 is 15.2 Å². The molecule has 2 N–H and O–H groups in total. The summed E-state index contributed by atoms with van der Waals surface area (Å²) in [7, 11) is 0. The van der Waals surface area contributed by atoms with Crippen molar-refractivity contribution in [3.63, 3.8) is 0 Å². The van der Waals surface area contributed by atoms with Gasteiger partial charge in [-0.05, 0) is 47.9 Å². The van der Waals surface area contributed by atoms with Crippen molar-refractivity contribution >= 4 is 35.3 Å². The third-order valence-electron chi connectivity index (χ3n) is 5.94. The summed E-state index contributed by atoms with van der Waals surface area (Å²) in [5.41, 5.74) is 1.40. The summed E-state index contributed by atoms with van der Waals surface area (Å²) in [6.45, 7) is 0.0965. The first-order chi connectivity index (χ1) is 13.3. The summed E-state index contributed by atoms with van der Waals surface area (Å²) in [4.78, 5) is 23.9. The molecule has 0 aromatic heterocycles. The molecule has 146 valence electrons. The van der Waals surface area contributed by atoms with Crippen LogP contribution in [-0.2, 0) is 21.6 Å². The van der Waals surface area contributed by atoms with E-state index in [4.69, 9.17) is 27.9 Å². The predicted molar refractivity (Wildman–Crippen MR) is 106 cm³/mol. The second kappa shape index (κ2) is 6.98. The average Bonchev–Trinajstić information content (AvgIpc) is 2.60. The Balaban J connectivity index is 1.38. The Labute approximate surface area is 172 Å². The summed E-state index contributed by atoms with van der Waals surface area (Å²) >= 11 is 12.1. The Morgan fingerprint density at radius 1 is 1.07 bits per heavy atom. The van der Waals surface area contributed by atoms with Crippen LogP contribution in [0, 0.1) is 5.41 Å². The van der Waals surface area contributed by atoms with E-state index in [1.54, 1.807) is 6.07 Å². The molecule has 5 nitrogen and oxygen atoms in total. The van der Waals surface area contributed by atoms with Crippen LogP contribution in [0.3, 0.4) is 0 Å². The van der Waals surface area contributed by atoms with Gasteiger partial charge in [-0.25, -0.2) is 9.59 Å². The second-order valence-electron chi connectivity index (χ2n) is 7.78. The fourth-order valence-electron chi connectivity index (χ4n) is 4.66. The van der Waals surface area contributed by atoms with Crippen LogP contribution in [0.4, 0.5) is 4.79 Å². The molecule has 1 amide bonds. The van der Waals surface area contributed by atoms with E-state index < -0.39 is 23.5 Å². The first-order valence-electron chi connectivity index (χ1n) is 8.99. The Morgan fingerprint density at radius 2 is 1.75 bits per heavy atom. The number of carboxylic acids is 1. The molecular weight excluding hydrogens is 401 g/mol. The molecule has 7 heteroatoms. The molecule has 2 aromatic carbocycles. The van der Waals surface area contributed by atoms with Crippen LogP contribution in [0.25, 0.3) is 0 Å². The van der Waals surface area contributed by atoms with E-state index >= 15 is 0 Å². The van der Waals surface area contributed by atoms with Gasteiger partial charge in [-0.2, -0.15) is 0 Å². The molecule has 3 aliphatic rings. The van der Waals surface area contributed by atoms with Crippen LogP contribution in [-0.4, -0.2) is 23.2 Å². The highest BCUT2D eigenvalue weighted by Crippen LogP contribution is 2.75. The van der Waals surface area contributed by atoms with E-state index in [9.17, 15) is 14.7 Å². The monoisotopic (exact) mass is 419 g/mol. The van der Waals surface area contributed by atoms with E-state index in [2.05, 4.69) is 5.32 Å². The predicted octanol–water partition coefficient (Wildman–Crippen LogP) is 4.79. The molecule has 1 unspecified atom stereocenters. The van der Waals surface area contributed by atoms with E-state index in [-0.39, 0.29) is 12.0 Å². The molecule has 28 heavy (non-hydrogen) atoms. The third-order valence-corrected chi connectivity index (χ3v) is 6.68. The van der Waals surface area contributed by atoms with Gasteiger partial charge >= 0.3 is 12.1 Å². The molecule has 2 aromatic rings. The zero-order valence-electron chi connectivity index (χ0n) is 15.0. The smallest absolute Gasteiger partial charge is 0.408 e. The summed E-state index contributed by atoms with van der Waals surface area (Å²) in [5.74, 6) is -1.04. The lowest BCUT2D eigenvalue weighted by Gasteiger charge is -2.72. The van der Waals surface area contributed by atoms with Crippen molar-refractivity contribution in [1.82, 2.24) is 5.32 Å². The summed E-state index contributed by atoms with van der Waals surface area (Å²) < 4.78 is 5.18. The molecule has 0 heterocycles. The van der Waals surface area contributed by atoms with Gasteiger partial charge in [-0.1, -0.05) is 59.6 Å². The minimum Gasteiger partial charge on any atom is -0.480 e. The number of aliphatic carboxylic acids is 1. The number of nitrogens with one attached hydrogen (secondary N) is 1. The van der Waals surface area contributed by atoms with E-state index in [1.165, 1.54) is 0 Å². The number of halogens is 2. The molecule has 0 radical (unpaired) electrons. The lowest BCUT2D eigenvalue weighted by atomic mass is 9.31. The molecule has 3 fully saturated rings. The van der Waals surface area contributed by atoms with Crippen LogP contribution in [0.15, 0.2) is 48.5 Å². The molecule has 2 bridgehead atoms. The van der Waals surface area contributed by atoms with Gasteiger partial charge in [0.2, 0.25) is 0 Å². The van der Waals surface area contributed by atoms with Crippen LogP contribution in [0.2, 0.25) is 10.0 Å². The van der Waals surface area contributed by atoms with Crippen molar-refractivity contribution < 1.29 is 19.4 Å². The topological polar surface area (TPSA) is 75.6 Å². The van der Waals surface area contributed by atoms with Crippen LogP contribution in [0.5, 0.6) is 0 Å². The maximum Gasteiger partial charge on any atom is 0.408 e. The molecule has 0 spiro atoms. The molecule has 5 rings (SSSR count). The van der Waals surface area contributed by atoms with Crippen LogP contribution < -0.4 is 5.32 Å². The second-order valence-corrected chi connectivity index (χ2v) is 8.59. The third kappa shape index (κ3) is 3.23. The number of carbonyl (C=O) groups excluding carboxylic acids is 1. The van der Waals surface area contributed by atoms with Crippen molar-refractivity contribution in [1.29, 1.82) is 0 Å². The van der Waals surface area contributed by atoms with Crippen LogP contribution >= 0.6 is 23.2 Å². The van der Waals surface area contributed by atoms with Gasteiger partial charge in [0.15, 0.2) is 0 Å². The number of hydrogen-bond acceptors (Lipinski definition) is 3. The minimum atomic E-state index is -1.04. The van der Waals surface area contributed by atoms with Gasteiger partial charge in [0, 0.05) is 5.41 Å². The van der Waals surface area contributed by atoms with E-state index in [1.807, 2.05) is 42.5 Å². The van der Waals surface area contributed by atoms with Crippen molar-refractivity contribution in [2.45, 2.75) is 37.3 Å². The van der Waals surface area contributed by atoms with Crippen molar-refractivity contribution in [2.75, 3.05) is 0 Å². The average molecular weight is 420 g/mol. The first kappa shape index (κ1) is 19.1.